The van der Waals surface area contributed by atoms with Crippen molar-refractivity contribution in [1.82, 2.24) is 5.32 Å². The highest BCUT2D eigenvalue weighted by molar-refractivity contribution is 6.31. The number of hydrogen-bond donors (Lipinski definition) is 1. The van der Waals surface area contributed by atoms with E-state index in [-0.39, 0.29) is 12.5 Å². The Labute approximate surface area is 152 Å². The van der Waals surface area contributed by atoms with E-state index in [1.165, 1.54) is 0 Å². The summed E-state index contributed by atoms with van der Waals surface area (Å²) in [5.41, 5.74) is 1.08. The van der Waals surface area contributed by atoms with Gasteiger partial charge in [0.05, 0.1) is 14.2 Å². The quantitative estimate of drug-likeness (QED) is 0.693. The van der Waals surface area contributed by atoms with Crippen LogP contribution in [0.5, 0.6) is 17.2 Å². The number of amides is 1. The predicted molar refractivity (Wildman–Crippen MR) is 97.8 cm³/mol. The van der Waals surface area contributed by atoms with E-state index < -0.39 is 0 Å². The molecule has 0 radical (unpaired) electrons. The van der Waals surface area contributed by atoms with Crippen molar-refractivity contribution in [1.29, 1.82) is 0 Å². The second-order valence-electron chi connectivity index (χ2n) is 5.38. The molecule has 0 unspecified atom stereocenters. The van der Waals surface area contributed by atoms with Gasteiger partial charge in [-0.2, -0.15) is 0 Å². The fourth-order valence-corrected chi connectivity index (χ4v) is 2.50. The summed E-state index contributed by atoms with van der Waals surface area (Å²) < 4.78 is 15.8. The highest BCUT2D eigenvalue weighted by Crippen LogP contribution is 2.27. The van der Waals surface area contributed by atoms with Gasteiger partial charge in [-0.15, -0.1) is 0 Å². The first kappa shape index (κ1) is 18.9. The second-order valence-corrected chi connectivity index (χ2v) is 5.79. The molecular weight excluding hydrogens is 342 g/mol. The van der Waals surface area contributed by atoms with E-state index in [0.717, 1.165) is 23.4 Å². The van der Waals surface area contributed by atoms with Gasteiger partial charge in [0.15, 0.2) is 6.61 Å². The van der Waals surface area contributed by atoms with Gasteiger partial charge in [-0.05, 0) is 24.5 Å². The fraction of sp³-hybridized carbons (Fsp3) is 0.316. The van der Waals surface area contributed by atoms with E-state index in [2.05, 4.69) is 5.32 Å². The molecule has 2 aromatic rings. The van der Waals surface area contributed by atoms with E-state index in [9.17, 15) is 4.79 Å². The van der Waals surface area contributed by atoms with Crippen LogP contribution in [0.2, 0.25) is 5.02 Å². The van der Waals surface area contributed by atoms with E-state index in [4.69, 9.17) is 25.8 Å². The Morgan fingerprint density at radius 3 is 2.32 bits per heavy atom. The van der Waals surface area contributed by atoms with Crippen LogP contribution in [0.25, 0.3) is 0 Å². The lowest BCUT2D eigenvalue weighted by molar-refractivity contribution is -0.123. The van der Waals surface area contributed by atoms with Crippen LogP contribution in [0.1, 0.15) is 12.0 Å². The Morgan fingerprint density at radius 1 is 1.04 bits per heavy atom. The molecule has 6 heteroatoms. The third-order valence-electron chi connectivity index (χ3n) is 3.60. The lowest BCUT2D eigenvalue weighted by Gasteiger charge is -2.10. The maximum atomic E-state index is 11.9. The molecule has 0 bridgehead atoms. The van der Waals surface area contributed by atoms with E-state index in [0.29, 0.717) is 23.8 Å². The highest BCUT2D eigenvalue weighted by atomic mass is 35.5. The van der Waals surface area contributed by atoms with Crippen LogP contribution in [-0.2, 0) is 11.2 Å². The summed E-state index contributed by atoms with van der Waals surface area (Å²) in [4.78, 5) is 11.9. The van der Waals surface area contributed by atoms with E-state index in [1.807, 2.05) is 24.3 Å². The largest absolute Gasteiger partial charge is 0.496 e. The molecular formula is C19H22ClNO4. The van der Waals surface area contributed by atoms with Crippen LogP contribution < -0.4 is 19.5 Å². The summed E-state index contributed by atoms with van der Waals surface area (Å²) in [6.45, 7) is 0.497. The SMILES string of the molecule is COc1cc(OC)cc(OCC(=O)NCCCc2ccccc2Cl)c1. The lowest BCUT2D eigenvalue weighted by Crippen LogP contribution is -2.29. The number of ether oxygens (including phenoxy) is 3. The standard InChI is InChI=1S/C19H22ClNO4/c1-23-15-10-16(24-2)12-17(11-15)25-13-19(22)21-9-5-7-14-6-3-4-8-18(14)20/h3-4,6,8,10-12H,5,7,9,13H2,1-2H3,(H,21,22). The molecule has 2 rings (SSSR count). The number of methoxy groups -OCH3 is 2. The van der Waals surface area contributed by atoms with Gasteiger partial charge in [0, 0.05) is 29.8 Å². The van der Waals surface area contributed by atoms with Crippen LogP contribution in [0.4, 0.5) is 0 Å². The van der Waals surface area contributed by atoms with Crippen molar-refractivity contribution in [3.63, 3.8) is 0 Å². The molecule has 1 N–H and O–H groups in total. The molecule has 0 spiro atoms. The Morgan fingerprint density at radius 2 is 1.68 bits per heavy atom. The van der Waals surface area contributed by atoms with Gasteiger partial charge in [-0.25, -0.2) is 0 Å². The topological polar surface area (TPSA) is 56.8 Å². The Bertz CT molecular complexity index is 683. The first-order valence-corrected chi connectivity index (χ1v) is 8.36. The summed E-state index contributed by atoms with van der Waals surface area (Å²) in [7, 11) is 3.12. The van der Waals surface area contributed by atoms with E-state index in [1.54, 1.807) is 32.4 Å². The number of nitrogens with one attached hydrogen (secondary N) is 1. The van der Waals surface area contributed by atoms with Gasteiger partial charge < -0.3 is 19.5 Å². The summed E-state index contributed by atoms with van der Waals surface area (Å²) >= 11 is 6.10. The first-order chi connectivity index (χ1) is 12.1. The van der Waals surface area contributed by atoms with Crippen LogP contribution >= 0.6 is 11.6 Å². The van der Waals surface area contributed by atoms with Gasteiger partial charge in [0.2, 0.25) is 0 Å². The Kier molecular flexibility index (Phi) is 7.41. The number of aryl methyl sites for hydroxylation is 1. The maximum absolute atomic E-state index is 11.9. The lowest BCUT2D eigenvalue weighted by atomic mass is 10.1. The summed E-state index contributed by atoms with van der Waals surface area (Å²) in [6, 6.07) is 12.9. The molecule has 25 heavy (non-hydrogen) atoms. The Balaban J connectivity index is 1.73. The minimum absolute atomic E-state index is 0.0670. The molecule has 0 aliphatic carbocycles. The molecule has 0 aliphatic rings. The van der Waals surface area contributed by atoms with Crippen molar-refractivity contribution in [3.05, 3.63) is 53.1 Å². The number of benzene rings is 2. The number of carbonyl (C=O) groups excluding carboxylic acids is 1. The maximum Gasteiger partial charge on any atom is 0.257 e. The molecule has 5 nitrogen and oxygen atoms in total. The zero-order valence-corrected chi connectivity index (χ0v) is 15.1. The molecule has 2 aromatic carbocycles. The van der Waals surface area contributed by atoms with Crippen molar-refractivity contribution in [3.8, 4) is 17.2 Å². The van der Waals surface area contributed by atoms with Crippen LogP contribution in [0.3, 0.4) is 0 Å². The molecule has 0 saturated carbocycles. The predicted octanol–water partition coefficient (Wildman–Crippen LogP) is 3.49. The average Bonchev–Trinajstić information content (AvgIpc) is 2.64. The van der Waals surface area contributed by atoms with Gasteiger partial charge in [0.1, 0.15) is 17.2 Å². The number of rotatable bonds is 9. The second kappa shape index (κ2) is 9.79. The summed E-state index contributed by atoms with van der Waals surface area (Å²) in [6.07, 6.45) is 1.62. The van der Waals surface area contributed by atoms with E-state index >= 15 is 0 Å². The van der Waals surface area contributed by atoms with Crippen molar-refractivity contribution >= 4 is 17.5 Å². The summed E-state index contributed by atoms with van der Waals surface area (Å²) in [5, 5.41) is 3.58. The molecule has 0 saturated heterocycles. The minimum Gasteiger partial charge on any atom is -0.496 e. The van der Waals surface area contributed by atoms with Gasteiger partial charge in [0.25, 0.3) is 5.91 Å². The molecule has 134 valence electrons. The van der Waals surface area contributed by atoms with Crippen molar-refractivity contribution in [2.75, 3.05) is 27.4 Å². The zero-order valence-electron chi connectivity index (χ0n) is 14.4. The van der Waals surface area contributed by atoms with Crippen molar-refractivity contribution in [2.24, 2.45) is 0 Å². The third kappa shape index (κ3) is 6.19. The Hall–Kier alpha value is -2.40. The van der Waals surface area contributed by atoms with Gasteiger partial charge >= 0.3 is 0 Å². The number of carbonyl (C=O) groups is 1. The molecule has 0 fully saturated rings. The number of halogens is 1. The van der Waals surface area contributed by atoms with Crippen molar-refractivity contribution < 1.29 is 19.0 Å². The molecule has 0 atom stereocenters. The van der Waals surface area contributed by atoms with Crippen LogP contribution in [-0.4, -0.2) is 33.3 Å². The van der Waals surface area contributed by atoms with Crippen molar-refractivity contribution in [2.45, 2.75) is 12.8 Å². The minimum atomic E-state index is -0.180. The molecule has 0 aromatic heterocycles. The third-order valence-corrected chi connectivity index (χ3v) is 3.97. The summed E-state index contributed by atoms with van der Waals surface area (Å²) in [5.74, 6) is 1.55. The zero-order chi connectivity index (χ0) is 18.1. The fourth-order valence-electron chi connectivity index (χ4n) is 2.27. The first-order valence-electron chi connectivity index (χ1n) is 7.98. The van der Waals surface area contributed by atoms with Gasteiger partial charge in [-0.3, -0.25) is 4.79 Å². The van der Waals surface area contributed by atoms with Crippen LogP contribution in [0.15, 0.2) is 42.5 Å². The molecule has 1 amide bonds. The monoisotopic (exact) mass is 363 g/mol. The average molecular weight is 364 g/mol. The van der Waals surface area contributed by atoms with Crippen LogP contribution in [0, 0.1) is 0 Å². The van der Waals surface area contributed by atoms with Gasteiger partial charge in [-0.1, -0.05) is 29.8 Å². The normalized spacial score (nSPS) is 10.2. The molecule has 0 heterocycles. The smallest absolute Gasteiger partial charge is 0.257 e. The highest BCUT2D eigenvalue weighted by Gasteiger charge is 2.06. The number of hydrogen-bond acceptors (Lipinski definition) is 4. The molecule has 0 aliphatic heterocycles.